The Morgan fingerprint density at radius 1 is 1.26 bits per heavy atom. The molecule has 1 amide bonds. The number of carbonyl (C=O) groups excluding carboxylic acids is 1. The van der Waals surface area contributed by atoms with Crippen molar-refractivity contribution in [1.82, 2.24) is 14.8 Å². The number of aromatic nitrogens is 3. The number of nitrogens with one attached hydrogen (secondary N) is 1. The van der Waals surface area contributed by atoms with Crippen LogP contribution in [0.25, 0.3) is 0 Å². The van der Waals surface area contributed by atoms with Gasteiger partial charge in [0.2, 0.25) is 5.91 Å². The van der Waals surface area contributed by atoms with Crippen LogP contribution < -0.4 is 5.32 Å². The molecule has 7 heteroatoms. The fourth-order valence-electron chi connectivity index (χ4n) is 2.98. The summed E-state index contributed by atoms with van der Waals surface area (Å²) < 4.78 is 1.71. The Hall–Kier alpha value is -2.70. The Morgan fingerprint density at radius 2 is 1.96 bits per heavy atom. The van der Waals surface area contributed by atoms with Crippen molar-refractivity contribution in [3.05, 3.63) is 42.4 Å². The van der Waals surface area contributed by atoms with Gasteiger partial charge in [-0.15, -0.1) is 0 Å². The van der Waals surface area contributed by atoms with E-state index >= 15 is 0 Å². The molecule has 2 aromatic rings. The van der Waals surface area contributed by atoms with E-state index < -0.39 is 23.2 Å². The van der Waals surface area contributed by atoms with Crippen LogP contribution in [0.2, 0.25) is 0 Å². The molecule has 0 unspecified atom stereocenters. The molecule has 0 aromatic carbocycles. The van der Waals surface area contributed by atoms with Gasteiger partial charge >= 0.3 is 5.97 Å². The molecule has 0 saturated heterocycles. The largest absolute Gasteiger partial charge is 0.481 e. The molecule has 0 spiro atoms. The second-order valence-corrected chi connectivity index (χ2v) is 6.36. The van der Waals surface area contributed by atoms with E-state index in [1.54, 1.807) is 43.2 Å². The number of hydrogen-bond acceptors (Lipinski definition) is 4. The highest BCUT2D eigenvalue weighted by Crippen LogP contribution is 2.58. The summed E-state index contributed by atoms with van der Waals surface area (Å²) in [5.41, 5.74) is 0.533. The summed E-state index contributed by atoms with van der Waals surface area (Å²) in [5, 5.41) is 16.1. The molecule has 0 aliphatic heterocycles. The zero-order valence-corrected chi connectivity index (χ0v) is 12.9. The smallest absolute Gasteiger partial charge is 0.307 e. The first-order valence-electron chi connectivity index (χ1n) is 7.35. The van der Waals surface area contributed by atoms with Crippen LogP contribution in [0.15, 0.2) is 36.8 Å². The number of nitrogens with zero attached hydrogens (tertiary/aromatic N) is 3. The van der Waals surface area contributed by atoms with Crippen LogP contribution in [0, 0.1) is 17.3 Å². The monoisotopic (exact) mass is 314 g/mol. The number of anilines is 1. The Labute approximate surface area is 133 Å². The first kappa shape index (κ1) is 15.2. The number of amides is 1. The van der Waals surface area contributed by atoms with Gasteiger partial charge in [0.1, 0.15) is 0 Å². The van der Waals surface area contributed by atoms with Crippen molar-refractivity contribution in [2.45, 2.75) is 20.4 Å². The molecule has 0 bridgehead atoms. The van der Waals surface area contributed by atoms with Crippen LogP contribution in [0.3, 0.4) is 0 Å². The number of carboxylic acid groups (broad SMARTS) is 1. The van der Waals surface area contributed by atoms with Crippen LogP contribution in [-0.4, -0.2) is 31.7 Å². The van der Waals surface area contributed by atoms with Gasteiger partial charge in [0.15, 0.2) is 5.82 Å². The van der Waals surface area contributed by atoms with Crippen molar-refractivity contribution < 1.29 is 14.7 Å². The molecule has 0 radical (unpaired) electrons. The van der Waals surface area contributed by atoms with Crippen molar-refractivity contribution in [1.29, 1.82) is 0 Å². The number of aliphatic carboxylic acids is 1. The maximum Gasteiger partial charge on any atom is 0.307 e. The van der Waals surface area contributed by atoms with E-state index in [2.05, 4.69) is 15.4 Å². The van der Waals surface area contributed by atoms with Gasteiger partial charge in [-0.2, -0.15) is 5.10 Å². The van der Waals surface area contributed by atoms with Gasteiger partial charge in [-0.05, 0) is 23.1 Å². The average Bonchev–Trinajstić information content (AvgIpc) is 2.84. The lowest BCUT2D eigenvalue weighted by Crippen LogP contribution is -2.18. The molecule has 1 aliphatic rings. The summed E-state index contributed by atoms with van der Waals surface area (Å²) in [5.74, 6) is -1.96. The van der Waals surface area contributed by atoms with Crippen LogP contribution in [0.1, 0.15) is 19.4 Å². The molecule has 1 fully saturated rings. The number of carbonyl (C=O) groups is 2. The van der Waals surface area contributed by atoms with Crippen LogP contribution in [-0.2, 0) is 16.1 Å². The van der Waals surface area contributed by atoms with Crippen LogP contribution in [0.5, 0.6) is 0 Å². The number of pyridine rings is 1. The van der Waals surface area contributed by atoms with Crippen molar-refractivity contribution in [3.8, 4) is 0 Å². The third-order valence-corrected chi connectivity index (χ3v) is 4.36. The maximum absolute atomic E-state index is 12.2. The van der Waals surface area contributed by atoms with Gasteiger partial charge < -0.3 is 10.4 Å². The van der Waals surface area contributed by atoms with Crippen molar-refractivity contribution in [2.24, 2.45) is 17.3 Å². The van der Waals surface area contributed by atoms with Crippen molar-refractivity contribution >= 4 is 17.7 Å². The fourth-order valence-corrected chi connectivity index (χ4v) is 2.98. The molecule has 3 rings (SSSR count). The maximum atomic E-state index is 12.2. The highest BCUT2D eigenvalue weighted by molar-refractivity contribution is 5.99. The molecule has 1 saturated carbocycles. The molecule has 7 nitrogen and oxygen atoms in total. The molecule has 1 aliphatic carbocycles. The van der Waals surface area contributed by atoms with E-state index in [0.29, 0.717) is 12.4 Å². The molecule has 23 heavy (non-hydrogen) atoms. The third-order valence-electron chi connectivity index (χ3n) is 4.36. The van der Waals surface area contributed by atoms with Gasteiger partial charge in [0.05, 0.1) is 18.4 Å². The number of hydrogen-bond donors (Lipinski definition) is 2. The first-order valence-corrected chi connectivity index (χ1v) is 7.35. The Morgan fingerprint density at radius 3 is 2.57 bits per heavy atom. The van der Waals surface area contributed by atoms with Gasteiger partial charge in [0.25, 0.3) is 0 Å². The van der Waals surface area contributed by atoms with Crippen molar-refractivity contribution in [3.63, 3.8) is 0 Å². The third kappa shape index (κ3) is 2.94. The van der Waals surface area contributed by atoms with Crippen LogP contribution in [0.4, 0.5) is 5.82 Å². The molecular weight excluding hydrogens is 296 g/mol. The average molecular weight is 314 g/mol. The molecule has 2 heterocycles. The quantitative estimate of drug-likeness (QED) is 0.874. The minimum absolute atomic E-state index is 0.295. The predicted molar refractivity (Wildman–Crippen MR) is 82.6 cm³/mol. The zero-order valence-electron chi connectivity index (χ0n) is 12.9. The lowest BCUT2D eigenvalue weighted by molar-refractivity contribution is -0.140. The minimum atomic E-state index is -0.932. The lowest BCUT2D eigenvalue weighted by atomic mass is 10.1. The Bertz CT molecular complexity index is 739. The Balaban J connectivity index is 1.64. The lowest BCUT2D eigenvalue weighted by Gasteiger charge is -2.03. The predicted octanol–water partition coefficient (Wildman–Crippen LogP) is 1.62. The van der Waals surface area contributed by atoms with E-state index in [9.17, 15) is 9.59 Å². The summed E-state index contributed by atoms with van der Waals surface area (Å²) in [6, 6.07) is 5.48. The molecular formula is C16H18N4O3. The standard InChI is InChI=1S/C16H18N4O3/c1-16(2)12(13(16)15(22)23)14(21)18-11-5-8-20(19-11)9-10-3-6-17-7-4-10/h3-8,12-13H,9H2,1-2H3,(H,22,23)(H,18,19,21)/t12-,13+/m1/s1. The molecule has 120 valence electrons. The van der Waals surface area contributed by atoms with Gasteiger partial charge in [-0.3, -0.25) is 19.3 Å². The summed E-state index contributed by atoms with van der Waals surface area (Å²) in [6.07, 6.45) is 5.19. The summed E-state index contributed by atoms with van der Waals surface area (Å²) in [4.78, 5) is 27.3. The second kappa shape index (κ2) is 5.49. The van der Waals surface area contributed by atoms with E-state index in [0.717, 1.165) is 5.56 Å². The van der Waals surface area contributed by atoms with E-state index in [4.69, 9.17) is 5.11 Å². The minimum Gasteiger partial charge on any atom is -0.481 e. The van der Waals surface area contributed by atoms with E-state index in [-0.39, 0.29) is 5.91 Å². The van der Waals surface area contributed by atoms with Gasteiger partial charge in [-0.25, -0.2) is 0 Å². The second-order valence-electron chi connectivity index (χ2n) is 6.36. The number of rotatable bonds is 5. The SMILES string of the molecule is CC1(C)[C@H](C(=O)O)[C@@H]1C(=O)Nc1ccn(Cc2ccncc2)n1. The normalized spacial score (nSPS) is 21.7. The topological polar surface area (TPSA) is 97.1 Å². The van der Waals surface area contributed by atoms with Crippen molar-refractivity contribution in [2.75, 3.05) is 5.32 Å². The van der Waals surface area contributed by atoms with E-state index in [1.165, 1.54) is 0 Å². The molecule has 2 N–H and O–H groups in total. The Kier molecular flexibility index (Phi) is 3.63. The van der Waals surface area contributed by atoms with E-state index in [1.807, 2.05) is 12.1 Å². The summed E-state index contributed by atoms with van der Waals surface area (Å²) in [6.45, 7) is 4.15. The molecule has 2 atom stereocenters. The fraction of sp³-hybridized carbons (Fsp3) is 0.375. The summed E-state index contributed by atoms with van der Waals surface area (Å²) in [7, 11) is 0. The highest BCUT2D eigenvalue weighted by Gasteiger charge is 2.65. The molecule has 2 aromatic heterocycles. The van der Waals surface area contributed by atoms with Gasteiger partial charge in [0, 0.05) is 24.7 Å². The van der Waals surface area contributed by atoms with Crippen LogP contribution >= 0.6 is 0 Å². The van der Waals surface area contributed by atoms with Gasteiger partial charge in [-0.1, -0.05) is 13.8 Å². The first-order chi connectivity index (χ1) is 10.9. The number of carboxylic acids is 1. The zero-order chi connectivity index (χ0) is 16.6. The highest BCUT2D eigenvalue weighted by atomic mass is 16.4. The summed E-state index contributed by atoms with van der Waals surface area (Å²) >= 11 is 0.